The molecule has 2 aromatic rings. The van der Waals surface area contributed by atoms with E-state index < -0.39 is 35.0 Å². The van der Waals surface area contributed by atoms with Crippen molar-refractivity contribution in [2.45, 2.75) is 24.5 Å². The topological polar surface area (TPSA) is 84.6 Å². The summed E-state index contributed by atoms with van der Waals surface area (Å²) in [5.41, 5.74) is 6.14. The number of halogens is 4. The number of carbonyl (C=O) groups excluding carboxylic acids is 1. The van der Waals surface area contributed by atoms with Crippen molar-refractivity contribution in [3.05, 3.63) is 68.0 Å². The molecule has 0 bridgehead atoms. The van der Waals surface area contributed by atoms with Gasteiger partial charge in [-0.3, -0.25) is 10.5 Å². The summed E-state index contributed by atoms with van der Waals surface area (Å²) < 4.78 is 43.2. The van der Waals surface area contributed by atoms with Crippen LogP contribution in [0.3, 0.4) is 0 Å². The number of rotatable bonds is 6. The van der Waals surface area contributed by atoms with Crippen LogP contribution in [0.2, 0.25) is 0 Å². The van der Waals surface area contributed by atoms with Gasteiger partial charge in [-0.2, -0.15) is 0 Å². The molecule has 1 fully saturated rings. The third-order valence-electron chi connectivity index (χ3n) is 5.09. The van der Waals surface area contributed by atoms with Crippen LogP contribution >= 0.6 is 22.6 Å². The van der Waals surface area contributed by atoms with Crippen LogP contribution in [0.5, 0.6) is 0 Å². The number of aliphatic hydroxyl groups excluding tert-OH is 1. The van der Waals surface area contributed by atoms with Gasteiger partial charge in [-0.15, -0.1) is 0 Å². The molecule has 1 unspecified atom stereocenters. The molecule has 3 rings (SSSR count). The molecule has 1 amide bonds. The maximum atomic E-state index is 14.5. The van der Waals surface area contributed by atoms with E-state index in [0.717, 1.165) is 12.1 Å². The van der Waals surface area contributed by atoms with Gasteiger partial charge in [-0.05, 0) is 58.8 Å². The fourth-order valence-electron chi connectivity index (χ4n) is 3.37. The van der Waals surface area contributed by atoms with E-state index in [2.05, 4.69) is 0 Å². The fraction of sp³-hybridized carbons (Fsp3) is 0.350. The number of hydrogen-bond acceptors (Lipinski definition) is 3. The van der Waals surface area contributed by atoms with Gasteiger partial charge >= 0.3 is 0 Å². The van der Waals surface area contributed by atoms with Crippen LogP contribution in [0.25, 0.3) is 0 Å². The summed E-state index contributed by atoms with van der Waals surface area (Å²) in [7, 11) is 0. The summed E-state index contributed by atoms with van der Waals surface area (Å²) in [5.74, 6) is -3.58. The van der Waals surface area contributed by atoms with Crippen LogP contribution in [0.4, 0.5) is 13.2 Å². The van der Waals surface area contributed by atoms with Crippen LogP contribution in [-0.4, -0.2) is 52.4 Å². The van der Waals surface area contributed by atoms with E-state index in [1.165, 1.54) is 17.0 Å². The minimum absolute atomic E-state index is 0.0566. The minimum Gasteiger partial charge on any atom is -0.396 e. The first-order valence-electron chi connectivity index (χ1n) is 8.90. The van der Waals surface area contributed by atoms with Crippen molar-refractivity contribution in [3.63, 3.8) is 0 Å². The Morgan fingerprint density at radius 3 is 2.52 bits per heavy atom. The summed E-state index contributed by atoms with van der Waals surface area (Å²) in [4.78, 5) is 14.1. The van der Waals surface area contributed by atoms with Gasteiger partial charge in [0.15, 0.2) is 11.6 Å². The standard InChI is InChI=1S/C20H19F3IN2O3/c21-15-4-3-13(19(28)26-9-20(29,10-26)17(25)5-6-27)14(18(15)23)7-11-1-2-12(24)8-16(11)22/h1-4,8,17,25,27,29H,5-7,9-10H2. The van der Waals surface area contributed by atoms with Crippen LogP contribution in [-0.2, 0) is 6.42 Å². The number of likely N-dealkylation sites (tertiary alicyclic amines) is 1. The molecule has 1 atom stereocenters. The lowest BCUT2D eigenvalue weighted by Crippen LogP contribution is -2.69. The van der Waals surface area contributed by atoms with Crippen molar-refractivity contribution < 1.29 is 28.2 Å². The molecule has 3 N–H and O–H groups in total. The summed E-state index contributed by atoms with van der Waals surface area (Å²) in [6, 6.07) is 5.35. The Morgan fingerprint density at radius 1 is 1.21 bits per heavy atom. The van der Waals surface area contributed by atoms with Crippen LogP contribution in [0.1, 0.15) is 27.9 Å². The highest BCUT2D eigenvalue weighted by atomic mass is 127. The third kappa shape index (κ3) is 4.42. The summed E-state index contributed by atoms with van der Waals surface area (Å²) >= 11 is 1.93. The predicted octanol–water partition coefficient (Wildman–Crippen LogP) is 2.52. The van der Waals surface area contributed by atoms with Gasteiger partial charge in [0.1, 0.15) is 11.4 Å². The number of aliphatic hydroxyl groups is 2. The van der Waals surface area contributed by atoms with E-state index in [1.807, 2.05) is 22.6 Å². The molecule has 155 valence electrons. The molecule has 1 radical (unpaired) electrons. The highest BCUT2D eigenvalue weighted by molar-refractivity contribution is 14.1. The quantitative estimate of drug-likeness (QED) is 0.576. The largest absolute Gasteiger partial charge is 0.396 e. The average Bonchev–Trinajstić information content (AvgIpc) is 2.64. The number of nitrogens with zero attached hydrogens (tertiary/aromatic N) is 1. The third-order valence-corrected chi connectivity index (χ3v) is 5.76. The second-order valence-electron chi connectivity index (χ2n) is 7.13. The molecule has 1 aliphatic rings. The smallest absolute Gasteiger partial charge is 0.254 e. The Kier molecular flexibility index (Phi) is 6.51. The lowest BCUT2D eigenvalue weighted by molar-refractivity contribution is -0.101. The van der Waals surface area contributed by atoms with Crippen molar-refractivity contribution in [2.24, 2.45) is 0 Å². The minimum atomic E-state index is -1.46. The first-order chi connectivity index (χ1) is 13.7. The Balaban J connectivity index is 1.87. The predicted molar refractivity (Wildman–Crippen MR) is 108 cm³/mol. The number of carbonyl (C=O) groups is 1. The van der Waals surface area contributed by atoms with E-state index in [1.54, 1.807) is 6.07 Å². The summed E-state index contributed by atoms with van der Waals surface area (Å²) in [6.07, 6.45) is -0.252. The second-order valence-corrected chi connectivity index (χ2v) is 8.38. The summed E-state index contributed by atoms with van der Waals surface area (Å²) in [5, 5.41) is 19.3. The normalized spacial score (nSPS) is 16.4. The fourth-order valence-corrected chi connectivity index (χ4v) is 3.82. The number of amides is 1. The molecule has 1 saturated heterocycles. The number of benzene rings is 2. The molecule has 9 heteroatoms. The van der Waals surface area contributed by atoms with E-state index in [-0.39, 0.29) is 49.2 Å². The molecule has 29 heavy (non-hydrogen) atoms. The van der Waals surface area contributed by atoms with E-state index in [0.29, 0.717) is 3.57 Å². The van der Waals surface area contributed by atoms with Gasteiger partial charge in [-0.1, -0.05) is 6.07 Å². The molecule has 0 spiro atoms. The van der Waals surface area contributed by atoms with Gasteiger partial charge in [0.25, 0.3) is 5.91 Å². The van der Waals surface area contributed by atoms with Crippen molar-refractivity contribution in [1.82, 2.24) is 10.6 Å². The maximum absolute atomic E-state index is 14.5. The van der Waals surface area contributed by atoms with Crippen LogP contribution < -0.4 is 5.73 Å². The van der Waals surface area contributed by atoms with Gasteiger partial charge in [0.05, 0.1) is 19.1 Å². The zero-order valence-corrected chi connectivity index (χ0v) is 17.4. The second kappa shape index (κ2) is 8.58. The lowest BCUT2D eigenvalue weighted by atomic mass is 9.84. The molecule has 2 aromatic carbocycles. The van der Waals surface area contributed by atoms with Crippen molar-refractivity contribution in [3.8, 4) is 0 Å². The average molecular weight is 519 g/mol. The van der Waals surface area contributed by atoms with E-state index >= 15 is 0 Å². The Hall–Kier alpha value is -1.69. The first kappa shape index (κ1) is 22.0. The molecule has 5 nitrogen and oxygen atoms in total. The molecule has 0 aliphatic carbocycles. The monoisotopic (exact) mass is 519 g/mol. The zero-order valence-electron chi connectivity index (χ0n) is 15.3. The number of hydrogen-bond donors (Lipinski definition) is 2. The molecular weight excluding hydrogens is 500 g/mol. The van der Waals surface area contributed by atoms with Gasteiger partial charge in [0, 0.05) is 27.7 Å². The molecule has 0 aromatic heterocycles. The van der Waals surface area contributed by atoms with Crippen molar-refractivity contribution in [1.29, 1.82) is 0 Å². The Morgan fingerprint density at radius 2 is 1.90 bits per heavy atom. The van der Waals surface area contributed by atoms with Gasteiger partial charge in [0.2, 0.25) is 0 Å². The van der Waals surface area contributed by atoms with Crippen LogP contribution in [0.15, 0.2) is 30.3 Å². The Bertz CT molecular complexity index is 935. The number of β-amino-alcohol motifs (C(OH)–C–C–N with tert-alkyl or cyclic N) is 1. The van der Waals surface area contributed by atoms with Gasteiger partial charge in [-0.25, -0.2) is 13.2 Å². The summed E-state index contributed by atoms with van der Waals surface area (Å²) in [6.45, 7) is -0.577. The SMILES string of the molecule is [NH]C(CCO)C1(O)CN(C(=O)c2ccc(F)c(F)c2Cc2ccc(I)cc2F)C1. The highest BCUT2D eigenvalue weighted by Crippen LogP contribution is 2.30. The highest BCUT2D eigenvalue weighted by Gasteiger charge is 2.48. The molecule has 1 aliphatic heterocycles. The Labute approximate surface area is 179 Å². The molecule has 1 heterocycles. The van der Waals surface area contributed by atoms with Crippen LogP contribution in [0, 0.1) is 21.0 Å². The van der Waals surface area contributed by atoms with E-state index in [4.69, 9.17) is 10.8 Å². The lowest BCUT2D eigenvalue weighted by Gasteiger charge is -2.49. The number of nitrogens with one attached hydrogen (secondary N) is 1. The maximum Gasteiger partial charge on any atom is 0.254 e. The van der Waals surface area contributed by atoms with E-state index in [9.17, 15) is 23.1 Å². The van der Waals surface area contributed by atoms with Gasteiger partial charge < -0.3 is 15.1 Å². The van der Waals surface area contributed by atoms with Crippen molar-refractivity contribution >= 4 is 28.5 Å². The molecular formula is C20H19F3IN2O3. The zero-order chi connectivity index (χ0) is 21.3. The van der Waals surface area contributed by atoms with Crippen molar-refractivity contribution in [2.75, 3.05) is 19.7 Å². The first-order valence-corrected chi connectivity index (χ1v) is 9.98. The molecule has 0 saturated carbocycles.